The molecule has 0 aromatic carbocycles. The first kappa shape index (κ1) is 10.4. The molecule has 0 spiro atoms. The molecule has 2 saturated carbocycles. The van der Waals surface area contributed by atoms with Gasteiger partial charge in [-0.1, -0.05) is 25.7 Å². The summed E-state index contributed by atoms with van der Waals surface area (Å²) >= 11 is 0. The topological polar surface area (TPSA) is 35.2 Å². The van der Waals surface area contributed by atoms with Crippen LogP contribution < -0.4 is 5.73 Å². The summed E-state index contributed by atoms with van der Waals surface area (Å²) in [6, 6.07) is 0. The monoisotopic (exact) mass is 197 g/mol. The summed E-state index contributed by atoms with van der Waals surface area (Å²) in [6.45, 7) is 1.79. The number of hydrogen-bond acceptors (Lipinski definition) is 2. The zero-order valence-electron chi connectivity index (χ0n) is 9.08. The highest BCUT2D eigenvalue weighted by Gasteiger charge is 2.26. The highest BCUT2D eigenvalue weighted by atomic mass is 16.5. The lowest BCUT2D eigenvalue weighted by Gasteiger charge is -2.30. The van der Waals surface area contributed by atoms with Gasteiger partial charge in [-0.3, -0.25) is 0 Å². The predicted octanol–water partition coefficient (Wildman–Crippen LogP) is 2.32. The van der Waals surface area contributed by atoms with E-state index in [-0.39, 0.29) is 0 Å². The van der Waals surface area contributed by atoms with Crippen molar-refractivity contribution >= 4 is 0 Å². The fourth-order valence-electron chi connectivity index (χ4n) is 2.46. The lowest BCUT2D eigenvalue weighted by atomic mass is 9.86. The van der Waals surface area contributed by atoms with Crippen LogP contribution in [0.25, 0.3) is 0 Å². The molecular formula is C12H23NO. The van der Waals surface area contributed by atoms with Crippen molar-refractivity contribution in [2.45, 2.75) is 51.0 Å². The molecule has 0 aromatic heterocycles. The van der Waals surface area contributed by atoms with Gasteiger partial charge in [0.25, 0.3) is 0 Å². The first-order chi connectivity index (χ1) is 6.90. The van der Waals surface area contributed by atoms with Crippen molar-refractivity contribution in [2.75, 3.05) is 13.2 Å². The van der Waals surface area contributed by atoms with E-state index in [0.29, 0.717) is 12.0 Å². The molecule has 2 aliphatic rings. The Morgan fingerprint density at radius 1 is 1.07 bits per heavy atom. The summed E-state index contributed by atoms with van der Waals surface area (Å²) in [7, 11) is 0. The Labute approximate surface area is 87.2 Å². The number of nitrogens with two attached hydrogens (primary N) is 1. The number of hydrogen-bond donors (Lipinski definition) is 1. The molecule has 0 amide bonds. The molecule has 2 rings (SSSR count). The predicted molar refractivity (Wildman–Crippen MR) is 58.1 cm³/mol. The van der Waals surface area contributed by atoms with Crippen LogP contribution in [0.1, 0.15) is 44.9 Å². The normalized spacial score (nSPS) is 33.2. The van der Waals surface area contributed by atoms with Crippen molar-refractivity contribution in [3.05, 3.63) is 0 Å². The van der Waals surface area contributed by atoms with Crippen LogP contribution in [0.4, 0.5) is 0 Å². The highest BCUT2D eigenvalue weighted by Crippen LogP contribution is 2.33. The number of rotatable bonds is 5. The molecule has 2 nitrogen and oxygen atoms in total. The SMILES string of the molecule is NCC1CCCCC1OCCC1CC1. The van der Waals surface area contributed by atoms with Gasteiger partial charge < -0.3 is 10.5 Å². The molecular weight excluding hydrogens is 174 g/mol. The van der Waals surface area contributed by atoms with E-state index in [0.717, 1.165) is 19.1 Å². The third kappa shape index (κ3) is 2.96. The molecule has 0 bridgehead atoms. The van der Waals surface area contributed by atoms with E-state index in [4.69, 9.17) is 10.5 Å². The van der Waals surface area contributed by atoms with Gasteiger partial charge in [0.2, 0.25) is 0 Å². The quantitative estimate of drug-likeness (QED) is 0.734. The van der Waals surface area contributed by atoms with Gasteiger partial charge in [0.1, 0.15) is 0 Å². The fraction of sp³-hybridized carbons (Fsp3) is 1.00. The van der Waals surface area contributed by atoms with Crippen molar-refractivity contribution in [3.63, 3.8) is 0 Å². The van der Waals surface area contributed by atoms with Crippen LogP contribution in [-0.2, 0) is 4.74 Å². The third-order valence-electron chi connectivity index (χ3n) is 3.70. The first-order valence-electron chi connectivity index (χ1n) is 6.22. The van der Waals surface area contributed by atoms with Gasteiger partial charge in [-0.05, 0) is 37.6 Å². The van der Waals surface area contributed by atoms with Gasteiger partial charge in [0, 0.05) is 6.61 Å². The molecule has 0 radical (unpaired) electrons. The molecule has 0 aliphatic heterocycles. The lowest BCUT2D eigenvalue weighted by Crippen LogP contribution is -2.33. The van der Waals surface area contributed by atoms with Crippen LogP contribution in [0.5, 0.6) is 0 Å². The van der Waals surface area contributed by atoms with E-state index in [9.17, 15) is 0 Å². The molecule has 82 valence electrons. The standard InChI is InChI=1S/C12H23NO/c13-9-11-3-1-2-4-12(11)14-8-7-10-5-6-10/h10-12H,1-9,13H2. The number of ether oxygens (including phenoxy) is 1. The molecule has 2 aliphatic carbocycles. The van der Waals surface area contributed by atoms with E-state index < -0.39 is 0 Å². The minimum atomic E-state index is 0.479. The fourth-order valence-corrected chi connectivity index (χ4v) is 2.46. The summed E-state index contributed by atoms with van der Waals surface area (Å²) in [5.41, 5.74) is 5.76. The molecule has 2 heteroatoms. The Morgan fingerprint density at radius 2 is 1.86 bits per heavy atom. The van der Waals surface area contributed by atoms with E-state index in [2.05, 4.69) is 0 Å². The van der Waals surface area contributed by atoms with E-state index in [1.54, 1.807) is 0 Å². The summed E-state index contributed by atoms with van der Waals surface area (Å²) in [6.07, 6.45) is 9.86. The zero-order valence-corrected chi connectivity index (χ0v) is 9.08. The maximum atomic E-state index is 5.96. The molecule has 0 aromatic rings. The van der Waals surface area contributed by atoms with Crippen molar-refractivity contribution < 1.29 is 4.74 Å². The minimum absolute atomic E-state index is 0.479. The van der Waals surface area contributed by atoms with E-state index in [1.807, 2.05) is 0 Å². The summed E-state index contributed by atoms with van der Waals surface area (Å²) < 4.78 is 5.96. The third-order valence-corrected chi connectivity index (χ3v) is 3.70. The summed E-state index contributed by atoms with van der Waals surface area (Å²) in [5.74, 6) is 1.64. The second-order valence-electron chi connectivity index (χ2n) is 4.92. The molecule has 0 heterocycles. The maximum Gasteiger partial charge on any atom is 0.0615 e. The highest BCUT2D eigenvalue weighted by molar-refractivity contribution is 4.77. The van der Waals surface area contributed by atoms with Crippen molar-refractivity contribution in [3.8, 4) is 0 Å². The molecule has 0 saturated heterocycles. The van der Waals surface area contributed by atoms with Gasteiger partial charge >= 0.3 is 0 Å². The molecule has 2 atom stereocenters. The van der Waals surface area contributed by atoms with Crippen molar-refractivity contribution in [1.29, 1.82) is 0 Å². The largest absolute Gasteiger partial charge is 0.378 e. The van der Waals surface area contributed by atoms with E-state index >= 15 is 0 Å². The van der Waals surface area contributed by atoms with Gasteiger partial charge in [0.15, 0.2) is 0 Å². The van der Waals surface area contributed by atoms with Gasteiger partial charge in [-0.2, -0.15) is 0 Å². The van der Waals surface area contributed by atoms with Crippen LogP contribution in [0.2, 0.25) is 0 Å². The Bertz CT molecular complexity index is 168. The summed E-state index contributed by atoms with van der Waals surface area (Å²) in [5, 5.41) is 0. The van der Waals surface area contributed by atoms with Crippen LogP contribution in [0.15, 0.2) is 0 Å². The second kappa shape index (κ2) is 5.13. The van der Waals surface area contributed by atoms with Crippen molar-refractivity contribution in [1.82, 2.24) is 0 Å². The zero-order chi connectivity index (χ0) is 9.80. The van der Waals surface area contributed by atoms with Crippen LogP contribution in [0.3, 0.4) is 0 Å². The smallest absolute Gasteiger partial charge is 0.0615 e. The molecule has 2 fully saturated rings. The molecule has 14 heavy (non-hydrogen) atoms. The summed E-state index contributed by atoms with van der Waals surface area (Å²) in [4.78, 5) is 0. The molecule has 2 unspecified atom stereocenters. The molecule has 2 N–H and O–H groups in total. The Balaban J connectivity index is 1.64. The van der Waals surface area contributed by atoms with Crippen LogP contribution in [0, 0.1) is 11.8 Å². The van der Waals surface area contributed by atoms with Gasteiger partial charge in [-0.15, -0.1) is 0 Å². The Hall–Kier alpha value is -0.0800. The van der Waals surface area contributed by atoms with Gasteiger partial charge in [0.05, 0.1) is 6.10 Å². The first-order valence-corrected chi connectivity index (χ1v) is 6.22. The average Bonchev–Trinajstić information content (AvgIpc) is 3.03. The second-order valence-corrected chi connectivity index (χ2v) is 4.92. The van der Waals surface area contributed by atoms with Gasteiger partial charge in [-0.25, -0.2) is 0 Å². The van der Waals surface area contributed by atoms with Crippen molar-refractivity contribution in [2.24, 2.45) is 17.6 Å². The minimum Gasteiger partial charge on any atom is -0.378 e. The maximum absolute atomic E-state index is 5.96. The Morgan fingerprint density at radius 3 is 2.57 bits per heavy atom. The van der Waals surface area contributed by atoms with E-state index in [1.165, 1.54) is 44.9 Å². The average molecular weight is 197 g/mol. The van der Waals surface area contributed by atoms with Crippen LogP contribution >= 0.6 is 0 Å². The van der Waals surface area contributed by atoms with Crippen LogP contribution in [-0.4, -0.2) is 19.3 Å². The Kier molecular flexibility index (Phi) is 3.82. The lowest BCUT2D eigenvalue weighted by molar-refractivity contribution is -0.0103.